The van der Waals surface area contributed by atoms with Crippen molar-refractivity contribution in [3.05, 3.63) is 29.8 Å². The van der Waals surface area contributed by atoms with Crippen molar-refractivity contribution >= 4 is 15.9 Å². The number of rotatable bonds is 6. The average Bonchev–Trinajstić information content (AvgIpc) is 2.77. The van der Waals surface area contributed by atoms with Gasteiger partial charge in [0.1, 0.15) is 11.9 Å². The second-order valence-corrected chi connectivity index (χ2v) is 6.61. The molecule has 0 aliphatic carbocycles. The van der Waals surface area contributed by atoms with Gasteiger partial charge in [0.25, 0.3) is 0 Å². The zero-order chi connectivity index (χ0) is 14.6. The smallest absolute Gasteiger partial charge is 0.221 e. The van der Waals surface area contributed by atoms with Crippen molar-refractivity contribution in [1.82, 2.24) is 10.0 Å². The topological polar surface area (TPSA) is 84.5 Å². The predicted molar refractivity (Wildman–Crippen MR) is 75.0 cm³/mol. The molecule has 7 heteroatoms. The van der Waals surface area contributed by atoms with Crippen LogP contribution in [0.15, 0.2) is 24.3 Å². The molecule has 0 unspecified atom stereocenters. The van der Waals surface area contributed by atoms with Crippen molar-refractivity contribution in [3.8, 4) is 5.75 Å². The minimum absolute atomic E-state index is 0.0563. The molecule has 1 amide bonds. The number of hydrogen-bond acceptors (Lipinski definition) is 4. The van der Waals surface area contributed by atoms with Crippen LogP contribution in [0.4, 0.5) is 0 Å². The van der Waals surface area contributed by atoms with E-state index >= 15 is 0 Å². The zero-order valence-corrected chi connectivity index (χ0v) is 12.1. The molecule has 20 heavy (non-hydrogen) atoms. The van der Waals surface area contributed by atoms with Gasteiger partial charge in [0.2, 0.25) is 15.9 Å². The van der Waals surface area contributed by atoms with Gasteiger partial charge in [0.15, 0.2) is 0 Å². The molecule has 110 valence electrons. The number of fused-ring (bicyclic) bond motifs is 1. The Bertz CT molecular complexity index is 561. The summed E-state index contributed by atoms with van der Waals surface area (Å²) in [5.74, 6) is 0.672. The van der Waals surface area contributed by atoms with E-state index in [9.17, 15) is 13.2 Å². The monoisotopic (exact) mass is 298 g/mol. The number of para-hydroxylation sites is 1. The maximum atomic E-state index is 11.6. The fourth-order valence-corrected chi connectivity index (χ4v) is 2.51. The predicted octanol–water partition coefficient (Wildman–Crippen LogP) is 0.0456. The summed E-state index contributed by atoms with van der Waals surface area (Å²) in [5.41, 5.74) is 1.14. The molecule has 2 N–H and O–H groups in total. The first kappa shape index (κ1) is 14.8. The van der Waals surface area contributed by atoms with Crippen molar-refractivity contribution in [2.75, 3.05) is 19.3 Å². The summed E-state index contributed by atoms with van der Waals surface area (Å²) in [5, 5.41) is 2.75. The lowest BCUT2D eigenvalue weighted by Gasteiger charge is -2.12. The molecule has 1 atom stereocenters. The molecule has 0 radical (unpaired) electrons. The van der Waals surface area contributed by atoms with Gasteiger partial charge in [-0.25, -0.2) is 13.1 Å². The number of carbonyl (C=O) groups is 1. The Morgan fingerprint density at radius 1 is 1.40 bits per heavy atom. The van der Waals surface area contributed by atoms with Gasteiger partial charge < -0.3 is 10.1 Å². The fraction of sp³-hybridized carbons (Fsp3) is 0.462. The van der Waals surface area contributed by atoms with Crippen LogP contribution < -0.4 is 14.8 Å². The van der Waals surface area contributed by atoms with Crippen molar-refractivity contribution in [2.24, 2.45) is 0 Å². The Labute approximate surface area is 118 Å². The number of benzene rings is 1. The first-order chi connectivity index (χ1) is 9.44. The lowest BCUT2D eigenvalue weighted by atomic mass is 10.1. The van der Waals surface area contributed by atoms with Crippen LogP contribution in [0.1, 0.15) is 12.0 Å². The third-order valence-electron chi connectivity index (χ3n) is 2.96. The number of nitrogens with one attached hydrogen (secondary N) is 2. The van der Waals surface area contributed by atoms with Crippen LogP contribution in [0.3, 0.4) is 0 Å². The molecule has 1 aliphatic heterocycles. The van der Waals surface area contributed by atoms with Gasteiger partial charge in [-0.15, -0.1) is 0 Å². The number of carbonyl (C=O) groups excluding carboxylic acids is 1. The van der Waals surface area contributed by atoms with E-state index in [0.29, 0.717) is 6.54 Å². The van der Waals surface area contributed by atoms with Gasteiger partial charge in [-0.05, 0) is 11.6 Å². The van der Waals surface area contributed by atoms with Crippen LogP contribution in [0, 0.1) is 0 Å². The highest BCUT2D eigenvalue weighted by Gasteiger charge is 2.22. The minimum Gasteiger partial charge on any atom is -0.488 e. The number of sulfonamides is 1. The first-order valence-corrected chi connectivity index (χ1v) is 8.29. The lowest BCUT2D eigenvalue weighted by Crippen LogP contribution is -2.36. The summed E-state index contributed by atoms with van der Waals surface area (Å²) in [6, 6.07) is 7.79. The lowest BCUT2D eigenvalue weighted by molar-refractivity contribution is -0.121. The Kier molecular flexibility index (Phi) is 4.61. The first-order valence-electron chi connectivity index (χ1n) is 6.40. The molecule has 0 saturated carbocycles. The molecule has 1 heterocycles. The summed E-state index contributed by atoms with van der Waals surface area (Å²) in [6.07, 6.45) is 1.90. The molecule has 6 nitrogen and oxygen atoms in total. The van der Waals surface area contributed by atoms with Crippen molar-refractivity contribution in [1.29, 1.82) is 0 Å². The molecule has 1 aliphatic rings. The van der Waals surface area contributed by atoms with Crippen LogP contribution in [0.25, 0.3) is 0 Å². The van der Waals surface area contributed by atoms with E-state index in [1.165, 1.54) is 0 Å². The standard InChI is InChI=1S/C13H18N2O4S/c1-20(17,18)15-7-6-13(16)14-9-11-8-10-4-2-3-5-12(10)19-11/h2-5,11,15H,6-9H2,1H3,(H,14,16)/t11-/m1/s1. The Hall–Kier alpha value is -1.60. The molecule has 0 aromatic heterocycles. The maximum Gasteiger partial charge on any atom is 0.221 e. The van der Waals surface area contributed by atoms with Gasteiger partial charge in [0.05, 0.1) is 12.8 Å². The Balaban J connectivity index is 1.68. The van der Waals surface area contributed by atoms with Gasteiger partial charge in [-0.2, -0.15) is 0 Å². The maximum absolute atomic E-state index is 11.6. The number of hydrogen-bond donors (Lipinski definition) is 2. The van der Waals surface area contributed by atoms with E-state index in [-0.39, 0.29) is 25.0 Å². The minimum atomic E-state index is -3.24. The molecule has 0 spiro atoms. The van der Waals surface area contributed by atoms with Gasteiger partial charge >= 0.3 is 0 Å². The van der Waals surface area contributed by atoms with Crippen LogP contribution >= 0.6 is 0 Å². The zero-order valence-electron chi connectivity index (χ0n) is 11.3. The van der Waals surface area contributed by atoms with Gasteiger partial charge in [0, 0.05) is 19.4 Å². The van der Waals surface area contributed by atoms with Crippen molar-refractivity contribution in [3.63, 3.8) is 0 Å². The van der Waals surface area contributed by atoms with E-state index in [2.05, 4.69) is 10.0 Å². The number of ether oxygens (including phenoxy) is 1. The van der Waals surface area contributed by atoms with Gasteiger partial charge in [-0.3, -0.25) is 4.79 Å². The van der Waals surface area contributed by atoms with Crippen LogP contribution in [0.2, 0.25) is 0 Å². The molecule has 1 aromatic rings. The summed E-state index contributed by atoms with van der Waals surface area (Å²) >= 11 is 0. The third kappa shape index (κ3) is 4.50. The molecular formula is C13H18N2O4S. The SMILES string of the molecule is CS(=O)(=O)NCCC(=O)NC[C@H]1Cc2ccccc2O1. The molecule has 0 bridgehead atoms. The Morgan fingerprint density at radius 3 is 2.85 bits per heavy atom. The van der Waals surface area contributed by atoms with E-state index in [1.807, 2.05) is 24.3 Å². The van der Waals surface area contributed by atoms with Crippen LogP contribution in [-0.2, 0) is 21.2 Å². The van der Waals surface area contributed by atoms with Crippen molar-refractivity contribution in [2.45, 2.75) is 18.9 Å². The quantitative estimate of drug-likeness (QED) is 0.777. The fourth-order valence-electron chi connectivity index (χ4n) is 2.03. The van der Waals surface area contributed by atoms with E-state index < -0.39 is 10.0 Å². The molecular weight excluding hydrogens is 280 g/mol. The summed E-state index contributed by atoms with van der Waals surface area (Å²) in [4.78, 5) is 11.6. The highest BCUT2D eigenvalue weighted by atomic mass is 32.2. The summed E-state index contributed by atoms with van der Waals surface area (Å²) in [7, 11) is -3.24. The molecule has 1 aromatic carbocycles. The third-order valence-corrected chi connectivity index (χ3v) is 3.69. The molecule has 0 fully saturated rings. The summed E-state index contributed by atoms with van der Waals surface area (Å²) in [6.45, 7) is 0.531. The van der Waals surface area contributed by atoms with E-state index in [0.717, 1.165) is 24.0 Å². The molecule has 0 saturated heterocycles. The van der Waals surface area contributed by atoms with Crippen LogP contribution in [0.5, 0.6) is 5.75 Å². The van der Waals surface area contributed by atoms with E-state index in [4.69, 9.17) is 4.74 Å². The summed E-state index contributed by atoms with van der Waals surface area (Å²) < 4.78 is 29.7. The largest absolute Gasteiger partial charge is 0.488 e. The van der Waals surface area contributed by atoms with Crippen molar-refractivity contribution < 1.29 is 17.9 Å². The second-order valence-electron chi connectivity index (χ2n) is 4.77. The normalized spacial score (nSPS) is 17.4. The highest BCUT2D eigenvalue weighted by molar-refractivity contribution is 7.88. The Morgan fingerprint density at radius 2 is 2.15 bits per heavy atom. The average molecular weight is 298 g/mol. The molecule has 2 rings (SSSR count). The highest BCUT2D eigenvalue weighted by Crippen LogP contribution is 2.27. The second kappa shape index (κ2) is 6.23. The number of amides is 1. The van der Waals surface area contributed by atoms with Crippen LogP contribution in [-0.4, -0.2) is 39.8 Å². The van der Waals surface area contributed by atoms with Gasteiger partial charge in [-0.1, -0.05) is 18.2 Å². The van der Waals surface area contributed by atoms with E-state index in [1.54, 1.807) is 0 Å².